The second kappa shape index (κ2) is 3.20. The van der Waals surface area contributed by atoms with Crippen LogP contribution in [0.2, 0.25) is 0 Å². The molecule has 0 aromatic rings. The average molecular weight is 225 g/mol. The average Bonchev–Trinajstić information content (AvgIpc) is 2.69. The summed E-state index contributed by atoms with van der Waals surface area (Å²) in [5.41, 5.74) is -0.704. The molecule has 1 saturated carbocycles. The van der Waals surface area contributed by atoms with Crippen molar-refractivity contribution in [1.29, 1.82) is 0 Å². The molecule has 0 radical (unpaired) electrons. The molecule has 2 bridgehead atoms. The van der Waals surface area contributed by atoms with Crippen molar-refractivity contribution in [2.45, 2.75) is 44.3 Å². The summed E-state index contributed by atoms with van der Waals surface area (Å²) < 4.78 is 6.02. The first kappa shape index (κ1) is 10.5. The third-order valence-electron chi connectivity index (χ3n) is 4.57. The van der Waals surface area contributed by atoms with E-state index in [0.29, 0.717) is 18.8 Å². The van der Waals surface area contributed by atoms with Gasteiger partial charge >= 0.3 is 5.97 Å². The van der Waals surface area contributed by atoms with Crippen molar-refractivity contribution < 1.29 is 14.6 Å². The van der Waals surface area contributed by atoms with Crippen LogP contribution >= 0.6 is 0 Å². The molecule has 3 saturated heterocycles. The van der Waals surface area contributed by atoms with Crippen molar-refractivity contribution in [2.75, 3.05) is 13.1 Å². The minimum atomic E-state index is -0.647. The summed E-state index contributed by atoms with van der Waals surface area (Å²) >= 11 is 0. The predicted octanol–water partition coefficient (Wildman–Crippen LogP) is 1.01. The van der Waals surface area contributed by atoms with Gasteiger partial charge in [-0.15, -0.1) is 0 Å². The molecule has 1 aliphatic carbocycles. The Bertz CT molecular complexity index is 316. The van der Waals surface area contributed by atoms with Crippen LogP contribution in [0.1, 0.15) is 32.6 Å². The third kappa shape index (κ3) is 1.26. The molecule has 4 rings (SSSR count). The lowest BCUT2D eigenvalue weighted by Gasteiger charge is -2.41. The van der Waals surface area contributed by atoms with E-state index in [-0.39, 0.29) is 11.7 Å². The molecular weight excluding hydrogens is 206 g/mol. The molecular formula is C12H19NO3. The SMILES string of the molecule is CC12CC(C(=O)O)(C1)C(C1CCNCC1)O2. The van der Waals surface area contributed by atoms with Crippen molar-refractivity contribution >= 4 is 5.97 Å². The molecule has 4 heteroatoms. The molecule has 90 valence electrons. The van der Waals surface area contributed by atoms with Gasteiger partial charge in [-0.1, -0.05) is 0 Å². The summed E-state index contributed by atoms with van der Waals surface area (Å²) in [6.07, 6.45) is 3.48. The highest BCUT2D eigenvalue weighted by atomic mass is 16.5. The lowest BCUT2D eigenvalue weighted by molar-refractivity contribution is -0.155. The molecule has 0 amide bonds. The van der Waals surface area contributed by atoms with E-state index in [0.717, 1.165) is 25.9 Å². The number of hydrogen-bond acceptors (Lipinski definition) is 3. The van der Waals surface area contributed by atoms with Gasteiger partial charge in [0.25, 0.3) is 0 Å². The smallest absolute Gasteiger partial charge is 0.312 e. The van der Waals surface area contributed by atoms with Gasteiger partial charge < -0.3 is 15.2 Å². The molecule has 4 aliphatic rings. The van der Waals surface area contributed by atoms with Gasteiger partial charge in [-0.05, 0) is 51.6 Å². The zero-order chi connectivity index (χ0) is 11.4. The first-order valence-corrected chi connectivity index (χ1v) is 6.18. The Labute approximate surface area is 95.4 Å². The van der Waals surface area contributed by atoms with Crippen molar-refractivity contribution in [3.8, 4) is 0 Å². The fourth-order valence-electron chi connectivity index (χ4n) is 3.95. The number of piperidine rings is 1. The Kier molecular flexibility index (Phi) is 2.11. The molecule has 4 nitrogen and oxygen atoms in total. The highest BCUT2D eigenvalue weighted by Crippen LogP contribution is 2.63. The molecule has 3 aliphatic heterocycles. The number of carboxylic acids is 1. The van der Waals surface area contributed by atoms with Gasteiger partial charge in [-0.2, -0.15) is 0 Å². The second-order valence-electron chi connectivity index (χ2n) is 5.89. The van der Waals surface area contributed by atoms with Crippen LogP contribution in [-0.4, -0.2) is 35.9 Å². The van der Waals surface area contributed by atoms with Crippen molar-refractivity contribution in [3.63, 3.8) is 0 Å². The molecule has 0 spiro atoms. The maximum atomic E-state index is 11.5. The molecule has 16 heavy (non-hydrogen) atoms. The zero-order valence-electron chi connectivity index (χ0n) is 9.66. The second-order valence-corrected chi connectivity index (χ2v) is 5.89. The van der Waals surface area contributed by atoms with Crippen LogP contribution < -0.4 is 5.32 Å². The quantitative estimate of drug-likeness (QED) is 0.736. The molecule has 1 atom stereocenters. The summed E-state index contributed by atoms with van der Waals surface area (Å²) in [6.45, 7) is 4.04. The summed E-state index contributed by atoms with van der Waals surface area (Å²) in [6, 6.07) is 0. The van der Waals surface area contributed by atoms with Crippen LogP contribution in [-0.2, 0) is 9.53 Å². The predicted molar refractivity (Wildman–Crippen MR) is 58.2 cm³/mol. The van der Waals surface area contributed by atoms with E-state index in [1.165, 1.54) is 0 Å². The van der Waals surface area contributed by atoms with Gasteiger partial charge in [-0.3, -0.25) is 4.79 Å². The van der Waals surface area contributed by atoms with E-state index in [2.05, 4.69) is 12.2 Å². The zero-order valence-corrected chi connectivity index (χ0v) is 9.66. The van der Waals surface area contributed by atoms with Gasteiger partial charge in [0, 0.05) is 0 Å². The van der Waals surface area contributed by atoms with E-state index in [1.54, 1.807) is 0 Å². The maximum Gasteiger partial charge on any atom is 0.312 e. The number of aliphatic carboxylic acids is 1. The Morgan fingerprint density at radius 1 is 1.38 bits per heavy atom. The molecule has 4 fully saturated rings. The normalized spacial score (nSPS) is 47.7. The van der Waals surface area contributed by atoms with E-state index >= 15 is 0 Å². The summed E-state index contributed by atoms with van der Waals surface area (Å²) in [4.78, 5) is 11.5. The largest absolute Gasteiger partial charge is 0.481 e. The fourth-order valence-corrected chi connectivity index (χ4v) is 3.95. The topological polar surface area (TPSA) is 58.6 Å². The standard InChI is InChI=1S/C12H19NO3/c1-11-6-12(7-11,10(14)15)9(16-11)8-2-4-13-5-3-8/h8-9,13H,2-7H2,1H3,(H,14,15). The third-order valence-corrected chi connectivity index (χ3v) is 4.57. The van der Waals surface area contributed by atoms with Crippen molar-refractivity contribution in [3.05, 3.63) is 0 Å². The number of carbonyl (C=O) groups is 1. The van der Waals surface area contributed by atoms with E-state index in [1.807, 2.05) is 0 Å². The summed E-state index contributed by atoms with van der Waals surface area (Å²) in [5.74, 6) is -0.215. The van der Waals surface area contributed by atoms with Gasteiger partial charge in [0.05, 0.1) is 17.1 Å². The van der Waals surface area contributed by atoms with Crippen LogP contribution in [0.3, 0.4) is 0 Å². The lowest BCUT2D eigenvalue weighted by Crippen LogP contribution is -2.51. The molecule has 0 aromatic carbocycles. The van der Waals surface area contributed by atoms with Gasteiger partial charge in [0.2, 0.25) is 0 Å². The van der Waals surface area contributed by atoms with Crippen LogP contribution in [0.25, 0.3) is 0 Å². The van der Waals surface area contributed by atoms with Crippen LogP contribution in [0, 0.1) is 11.3 Å². The number of hydrogen-bond donors (Lipinski definition) is 2. The van der Waals surface area contributed by atoms with E-state index in [4.69, 9.17) is 4.74 Å². The molecule has 1 unspecified atom stereocenters. The summed E-state index contributed by atoms with van der Waals surface area (Å²) in [5, 5.41) is 12.7. The molecule has 2 N–H and O–H groups in total. The van der Waals surface area contributed by atoms with E-state index in [9.17, 15) is 9.90 Å². The monoisotopic (exact) mass is 225 g/mol. The Hall–Kier alpha value is -0.610. The Morgan fingerprint density at radius 2 is 2.00 bits per heavy atom. The number of rotatable bonds is 2. The number of ether oxygens (including phenoxy) is 1. The van der Waals surface area contributed by atoms with Gasteiger partial charge in [0.1, 0.15) is 0 Å². The minimum Gasteiger partial charge on any atom is -0.481 e. The van der Waals surface area contributed by atoms with Crippen molar-refractivity contribution in [1.82, 2.24) is 5.32 Å². The van der Waals surface area contributed by atoms with Gasteiger partial charge in [-0.25, -0.2) is 0 Å². The lowest BCUT2D eigenvalue weighted by atomic mass is 9.58. The number of fused-ring (bicyclic) bond motifs is 1. The first-order chi connectivity index (χ1) is 7.56. The van der Waals surface area contributed by atoms with Gasteiger partial charge in [0.15, 0.2) is 0 Å². The van der Waals surface area contributed by atoms with Crippen LogP contribution in [0.15, 0.2) is 0 Å². The fraction of sp³-hybridized carbons (Fsp3) is 0.917. The Balaban J connectivity index is 1.82. The molecule has 0 aromatic heterocycles. The highest BCUT2D eigenvalue weighted by molar-refractivity contribution is 5.78. The number of nitrogens with one attached hydrogen (secondary N) is 1. The van der Waals surface area contributed by atoms with Crippen LogP contribution in [0.4, 0.5) is 0 Å². The highest BCUT2D eigenvalue weighted by Gasteiger charge is 2.70. The minimum absolute atomic E-state index is 0.0444. The van der Waals surface area contributed by atoms with Crippen molar-refractivity contribution in [2.24, 2.45) is 11.3 Å². The molecule has 3 heterocycles. The van der Waals surface area contributed by atoms with E-state index < -0.39 is 11.4 Å². The summed E-state index contributed by atoms with van der Waals surface area (Å²) in [7, 11) is 0. The Morgan fingerprint density at radius 3 is 2.56 bits per heavy atom. The first-order valence-electron chi connectivity index (χ1n) is 6.18. The number of carboxylic acid groups (broad SMARTS) is 1. The maximum absolute atomic E-state index is 11.5. The van der Waals surface area contributed by atoms with Crippen LogP contribution in [0.5, 0.6) is 0 Å².